The molecule has 6 rings (SSSR count). The molecule has 0 spiro atoms. The van der Waals surface area contributed by atoms with Gasteiger partial charge in [0.1, 0.15) is 22.9 Å². The quantitative estimate of drug-likeness (QED) is 0.395. The van der Waals surface area contributed by atoms with E-state index in [9.17, 15) is 4.79 Å². The van der Waals surface area contributed by atoms with Gasteiger partial charge in [0.25, 0.3) is 0 Å². The molecule has 2 aromatic heterocycles. The third-order valence-corrected chi connectivity index (χ3v) is 7.95. The van der Waals surface area contributed by atoms with Crippen LogP contribution in [-0.4, -0.2) is 37.8 Å². The van der Waals surface area contributed by atoms with Crippen LogP contribution in [0.3, 0.4) is 0 Å². The van der Waals surface area contributed by atoms with E-state index in [0.717, 1.165) is 41.0 Å². The summed E-state index contributed by atoms with van der Waals surface area (Å²) in [6.45, 7) is 9.15. The van der Waals surface area contributed by atoms with Crippen LogP contribution in [0, 0.1) is 6.92 Å². The fraction of sp³-hybridized carbons (Fsp3) is 0.300. The number of piperidine rings is 1. The number of imidazole rings is 1. The average molecular weight is 478 g/mol. The summed E-state index contributed by atoms with van der Waals surface area (Å²) in [4.78, 5) is 24.0. The molecule has 1 amide bonds. The lowest BCUT2D eigenvalue weighted by Crippen LogP contribution is -2.41. The lowest BCUT2D eigenvalue weighted by Gasteiger charge is -2.34. The Hall–Kier alpha value is -3.93. The highest BCUT2D eigenvalue weighted by Crippen LogP contribution is 2.39. The minimum absolute atomic E-state index is 0.139. The van der Waals surface area contributed by atoms with Crippen LogP contribution in [0.4, 0.5) is 5.82 Å². The zero-order valence-electron chi connectivity index (χ0n) is 20.8. The van der Waals surface area contributed by atoms with Gasteiger partial charge in [0, 0.05) is 42.8 Å². The predicted molar refractivity (Wildman–Crippen MR) is 143 cm³/mol. The largest absolute Gasteiger partial charge is 0.382 e. The zero-order chi connectivity index (χ0) is 25.0. The second kappa shape index (κ2) is 8.63. The van der Waals surface area contributed by atoms with E-state index in [0.29, 0.717) is 24.7 Å². The molecular formula is C30H31N5O. The highest BCUT2D eigenvalue weighted by molar-refractivity contribution is 5.86. The summed E-state index contributed by atoms with van der Waals surface area (Å²) in [5, 5.41) is 0. The summed E-state index contributed by atoms with van der Waals surface area (Å²) in [5.41, 5.74) is 13.9. The molecule has 0 unspecified atom stereocenters. The highest BCUT2D eigenvalue weighted by Gasteiger charge is 2.40. The molecule has 6 nitrogen and oxygen atoms in total. The van der Waals surface area contributed by atoms with Crippen molar-refractivity contribution in [3.63, 3.8) is 0 Å². The lowest BCUT2D eigenvalue weighted by atomic mass is 9.91. The number of benzene rings is 2. The van der Waals surface area contributed by atoms with Gasteiger partial charge in [0.05, 0.1) is 6.04 Å². The summed E-state index contributed by atoms with van der Waals surface area (Å²) in [7, 11) is 0. The summed E-state index contributed by atoms with van der Waals surface area (Å²) < 4.78 is 2.07. The fourth-order valence-electron chi connectivity index (χ4n) is 5.93. The molecule has 0 radical (unpaired) electrons. The number of aromatic nitrogens is 3. The van der Waals surface area contributed by atoms with E-state index in [-0.39, 0.29) is 17.9 Å². The van der Waals surface area contributed by atoms with E-state index < -0.39 is 0 Å². The van der Waals surface area contributed by atoms with E-state index >= 15 is 0 Å². The SMILES string of the molecule is C=C1CC(=O)N2C[C@H](c3nc(-c4ccc([C@H](C)c5cccc(C)c5)cc4)c4c(N)nccn34)CC[C@@H]12. The van der Waals surface area contributed by atoms with Gasteiger partial charge in [-0.1, -0.05) is 67.6 Å². The topological polar surface area (TPSA) is 76.5 Å². The number of amides is 1. The first-order valence-corrected chi connectivity index (χ1v) is 12.7. The van der Waals surface area contributed by atoms with Crippen LogP contribution >= 0.6 is 0 Å². The van der Waals surface area contributed by atoms with Crippen LogP contribution in [0.1, 0.15) is 60.5 Å². The van der Waals surface area contributed by atoms with Crippen molar-refractivity contribution in [1.82, 2.24) is 19.3 Å². The summed E-state index contributed by atoms with van der Waals surface area (Å²) >= 11 is 0. The van der Waals surface area contributed by atoms with Gasteiger partial charge in [-0.15, -0.1) is 0 Å². The predicted octanol–water partition coefficient (Wildman–Crippen LogP) is 5.47. The average Bonchev–Trinajstić information content (AvgIpc) is 3.41. The van der Waals surface area contributed by atoms with Gasteiger partial charge in [-0.05, 0) is 36.5 Å². The minimum Gasteiger partial charge on any atom is -0.382 e. The Labute approximate surface area is 211 Å². The molecule has 2 N–H and O–H groups in total. The maximum atomic E-state index is 12.6. The third-order valence-electron chi connectivity index (χ3n) is 7.95. The number of rotatable bonds is 4. The molecule has 0 saturated carbocycles. The number of carbonyl (C=O) groups excluding carboxylic acids is 1. The third kappa shape index (κ3) is 3.68. The van der Waals surface area contributed by atoms with Gasteiger partial charge in [-0.25, -0.2) is 9.97 Å². The lowest BCUT2D eigenvalue weighted by molar-refractivity contribution is -0.130. The Bertz CT molecular complexity index is 1490. The molecule has 2 fully saturated rings. The van der Waals surface area contributed by atoms with Crippen molar-refractivity contribution < 1.29 is 4.79 Å². The second-order valence-corrected chi connectivity index (χ2v) is 10.3. The van der Waals surface area contributed by atoms with Gasteiger partial charge in [0.15, 0.2) is 0 Å². The molecule has 0 bridgehead atoms. The van der Waals surface area contributed by atoms with Crippen LogP contribution in [-0.2, 0) is 4.79 Å². The molecule has 0 aliphatic carbocycles. The molecule has 4 aromatic rings. The number of aryl methyl sites for hydroxylation is 1. The number of fused-ring (bicyclic) bond motifs is 2. The van der Waals surface area contributed by atoms with Crippen LogP contribution in [0.5, 0.6) is 0 Å². The van der Waals surface area contributed by atoms with Crippen LogP contribution in [0.2, 0.25) is 0 Å². The first-order valence-electron chi connectivity index (χ1n) is 12.7. The van der Waals surface area contributed by atoms with Crippen molar-refractivity contribution in [2.24, 2.45) is 0 Å². The molecule has 182 valence electrons. The van der Waals surface area contributed by atoms with Gasteiger partial charge in [0.2, 0.25) is 5.91 Å². The van der Waals surface area contributed by atoms with Crippen molar-refractivity contribution in [2.75, 3.05) is 12.3 Å². The first kappa shape index (κ1) is 22.5. The fourth-order valence-corrected chi connectivity index (χ4v) is 5.93. The Morgan fingerprint density at radius 2 is 1.92 bits per heavy atom. The van der Waals surface area contributed by atoms with Crippen molar-refractivity contribution in [3.8, 4) is 11.3 Å². The molecule has 4 heterocycles. The number of carbonyl (C=O) groups is 1. The summed E-state index contributed by atoms with van der Waals surface area (Å²) in [6, 6.07) is 17.5. The van der Waals surface area contributed by atoms with E-state index in [4.69, 9.17) is 10.7 Å². The van der Waals surface area contributed by atoms with Crippen LogP contribution in [0.25, 0.3) is 16.8 Å². The van der Waals surface area contributed by atoms with Gasteiger partial charge in [-0.2, -0.15) is 0 Å². The molecule has 36 heavy (non-hydrogen) atoms. The highest BCUT2D eigenvalue weighted by atomic mass is 16.2. The molecule has 3 atom stereocenters. The Kier molecular flexibility index (Phi) is 5.40. The van der Waals surface area contributed by atoms with Gasteiger partial charge >= 0.3 is 0 Å². The Morgan fingerprint density at radius 1 is 1.11 bits per heavy atom. The first-order chi connectivity index (χ1) is 17.4. The molecule has 2 aliphatic rings. The van der Waals surface area contributed by atoms with Crippen LogP contribution in [0.15, 0.2) is 73.1 Å². The monoisotopic (exact) mass is 477 g/mol. The van der Waals surface area contributed by atoms with Gasteiger partial charge < -0.3 is 10.6 Å². The van der Waals surface area contributed by atoms with Crippen LogP contribution < -0.4 is 5.73 Å². The molecule has 6 heteroatoms. The van der Waals surface area contributed by atoms with Gasteiger partial charge in [-0.3, -0.25) is 9.20 Å². The molecule has 2 saturated heterocycles. The smallest absolute Gasteiger partial charge is 0.227 e. The Balaban J connectivity index is 1.36. The van der Waals surface area contributed by atoms with Crippen molar-refractivity contribution in [1.29, 1.82) is 0 Å². The number of nitrogens with zero attached hydrogens (tertiary/aromatic N) is 4. The second-order valence-electron chi connectivity index (χ2n) is 10.3. The standard InChI is InChI=1S/C30H31N5O/c1-18-5-4-6-23(15-18)20(3)21-7-9-22(10-8-21)27-28-29(31)32-13-14-34(28)30(33-27)24-11-12-25-19(2)16-26(36)35(25)17-24/h4-10,13-15,20,24-25H,2,11-12,16-17H2,1,3H3,(H2,31,32)/t20-,24+,25-/m0/s1. The van der Waals surface area contributed by atoms with E-state index in [1.165, 1.54) is 16.7 Å². The van der Waals surface area contributed by atoms with E-state index in [1.54, 1.807) is 6.20 Å². The number of nitrogens with two attached hydrogens (primary N) is 1. The summed E-state index contributed by atoms with van der Waals surface area (Å²) in [6.07, 6.45) is 6.00. The number of hydrogen-bond acceptors (Lipinski definition) is 4. The zero-order valence-corrected chi connectivity index (χ0v) is 20.8. The number of anilines is 1. The number of nitrogen functional groups attached to an aromatic ring is 1. The maximum Gasteiger partial charge on any atom is 0.227 e. The van der Waals surface area contributed by atoms with E-state index in [1.807, 2.05) is 11.1 Å². The molecular weight excluding hydrogens is 446 g/mol. The summed E-state index contributed by atoms with van der Waals surface area (Å²) in [5.74, 6) is 2.01. The van der Waals surface area contributed by atoms with E-state index in [2.05, 4.69) is 78.3 Å². The number of hydrogen-bond donors (Lipinski definition) is 1. The normalized spacial score (nSPS) is 20.7. The minimum atomic E-state index is 0.139. The van der Waals surface area contributed by atoms with Crippen molar-refractivity contribution >= 4 is 17.2 Å². The molecule has 2 aliphatic heterocycles. The molecule has 2 aromatic carbocycles. The maximum absolute atomic E-state index is 12.6. The Morgan fingerprint density at radius 3 is 2.69 bits per heavy atom. The van der Waals surface area contributed by atoms with Crippen molar-refractivity contribution in [2.45, 2.75) is 51.0 Å². The van der Waals surface area contributed by atoms with Crippen molar-refractivity contribution in [3.05, 3.63) is 95.6 Å².